The molecular formula is C22H29NO3. The van der Waals surface area contributed by atoms with Crippen LogP contribution < -0.4 is 0 Å². The Balaban J connectivity index is 1.91. The zero-order chi connectivity index (χ0) is 18.6. The average Bonchev–Trinajstić information content (AvgIpc) is 3.10. The van der Waals surface area contributed by atoms with Gasteiger partial charge in [0, 0.05) is 24.4 Å². The SMILES string of the molecule is CC(C)N1CC=C2C(c3ccccc3)(CCC3(OCCO3)C2(C)C)C1=O. The number of nitrogens with zero attached hydrogens (tertiary/aromatic N) is 1. The molecule has 2 heterocycles. The topological polar surface area (TPSA) is 38.8 Å². The van der Waals surface area contributed by atoms with Crippen LogP contribution in [-0.2, 0) is 19.7 Å². The quantitative estimate of drug-likeness (QED) is 0.760. The standard InChI is InChI=1S/C22H29NO3/c1-16(2)23-13-10-18-20(3,4)22(25-14-15-26-22)12-11-21(18,19(23)24)17-8-6-5-7-9-17/h5-10,16H,11-15H2,1-4H3. The minimum Gasteiger partial charge on any atom is -0.347 e. The van der Waals surface area contributed by atoms with E-state index in [9.17, 15) is 4.79 Å². The minimum atomic E-state index is -0.617. The molecule has 26 heavy (non-hydrogen) atoms. The van der Waals surface area contributed by atoms with Crippen LogP contribution in [0.5, 0.6) is 0 Å². The molecule has 2 aliphatic heterocycles. The molecule has 1 unspecified atom stereocenters. The van der Waals surface area contributed by atoms with Crippen molar-refractivity contribution in [2.24, 2.45) is 5.41 Å². The van der Waals surface area contributed by atoms with Crippen LogP contribution in [0.15, 0.2) is 42.0 Å². The third kappa shape index (κ3) is 2.18. The van der Waals surface area contributed by atoms with Gasteiger partial charge in [0.15, 0.2) is 5.79 Å². The predicted molar refractivity (Wildman–Crippen MR) is 101 cm³/mol. The molecule has 4 nitrogen and oxygen atoms in total. The van der Waals surface area contributed by atoms with Crippen LogP contribution in [0.1, 0.15) is 46.1 Å². The molecule has 3 aliphatic rings. The van der Waals surface area contributed by atoms with Gasteiger partial charge in [-0.2, -0.15) is 0 Å². The predicted octanol–water partition coefficient (Wildman–Crippen LogP) is 3.66. The molecule has 140 valence electrons. The summed E-state index contributed by atoms with van der Waals surface area (Å²) in [6, 6.07) is 10.4. The van der Waals surface area contributed by atoms with E-state index < -0.39 is 11.2 Å². The van der Waals surface area contributed by atoms with Crippen LogP contribution in [0, 0.1) is 5.41 Å². The highest BCUT2D eigenvalue weighted by molar-refractivity contribution is 5.94. The Hall–Kier alpha value is -1.65. The van der Waals surface area contributed by atoms with Crippen molar-refractivity contribution in [3.8, 4) is 0 Å². The molecule has 1 aromatic rings. The number of fused-ring (bicyclic) bond motifs is 1. The first-order chi connectivity index (χ1) is 12.4. The highest BCUT2D eigenvalue weighted by atomic mass is 16.7. The first-order valence-electron chi connectivity index (χ1n) is 9.71. The summed E-state index contributed by atoms with van der Waals surface area (Å²) in [5.74, 6) is -0.394. The van der Waals surface area contributed by atoms with E-state index >= 15 is 0 Å². The van der Waals surface area contributed by atoms with Crippen LogP contribution >= 0.6 is 0 Å². The van der Waals surface area contributed by atoms with Gasteiger partial charge < -0.3 is 14.4 Å². The number of amides is 1. The molecule has 1 spiro atoms. The van der Waals surface area contributed by atoms with E-state index in [1.165, 1.54) is 0 Å². The molecule has 0 bridgehead atoms. The van der Waals surface area contributed by atoms with Crippen molar-refractivity contribution in [3.05, 3.63) is 47.5 Å². The third-order valence-electron chi connectivity index (χ3n) is 6.68. The average molecular weight is 355 g/mol. The summed E-state index contributed by atoms with van der Waals surface area (Å²) >= 11 is 0. The molecule has 0 radical (unpaired) electrons. The Labute approximate surface area is 156 Å². The minimum absolute atomic E-state index is 0.180. The number of hydrogen-bond donors (Lipinski definition) is 0. The number of rotatable bonds is 2. The van der Waals surface area contributed by atoms with Gasteiger partial charge in [-0.1, -0.05) is 50.3 Å². The van der Waals surface area contributed by atoms with E-state index in [-0.39, 0.29) is 17.4 Å². The molecule has 1 saturated heterocycles. The van der Waals surface area contributed by atoms with Gasteiger partial charge in [-0.25, -0.2) is 0 Å². The first-order valence-corrected chi connectivity index (χ1v) is 9.71. The summed E-state index contributed by atoms with van der Waals surface area (Å²) in [7, 11) is 0. The number of hydrogen-bond acceptors (Lipinski definition) is 3. The Kier molecular flexibility index (Phi) is 4.05. The lowest BCUT2D eigenvalue weighted by Crippen LogP contribution is -2.63. The lowest BCUT2D eigenvalue weighted by Gasteiger charge is -2.57. The first kappa shape index (κ1) is 17.7. The van der Waals surface area contributed by atoms with Crippen molar-refractivity contribution >= 4 is 5.91 Å². The van der Waals surface area contributed by atoms with E-state index in [1.807, 2.05) is 23.1 Å². The molecular weight excluding hydrogens is 326 g/mol. The van der Waals surface area contributed by atoms with Gasteiger partial charge in [0.05, 0.1) is 18.6 Å². The van der Waals surface area contributed by atoms with E-state index in [1.54, 1.807) is 0 Å². The normalized spacial score (nSPS) is 29.8. The number of benzene rings is 1. The summed E-state index contributed by atoms with van der Waals surface area (Å²) in [5, 5.41) is 0. The molecule has 4 rings (SSSR count). The monoisotopic (exact) mass is 355 g/mol. The fourth-order valence-electron chi connectivity index (χ4n) is 5.26. The van der Waals surface area contributed by atoms with Gasteiger partial charge in [0.1, 0.15) is 0 Å². The molecule has 1 amide bonds. The lowest BCUT2D eigenvalue weighted by molar-refractivity contribution is -0.236. The van der Waals surface area contributed by atoms with Gasteiger partial charge in [-0.15, -0.1) is 0 Å². The highest BCUT2D eigenvalue weighted by Crippen LogP contribution is 2.60. The second-order valence-corrected chi connectivity index (χ2v) is 8.52. The maximum Gasteiger partial charge on any atom is 0.237 e. The zero-order valence-electron chi connectivity index (χ0n) is 16.2. The fourth-order valence-corrected chi connectivity index (χ4v) is 5.26. The molecule has 1 saturated carbocycles. The van der Waals surface area contributed by atoms with Gasteiger partial charge in [-0.05, 0) is 31.4 Å². The van der Waals surface area contributed by atoms with Gasteiger partial charge in [0.2, 0.25) is 5.91 Å². The van der Waals surface area contributed by atoms with Crippen molar-refractivity contribution in [1.82, 2.24) is 4.90 Å². The second kappa shape index (κ2) is 5.93. The molecule has 1 atom stereocenters. The Morgan fingerprint density at radius 2 is 1.69 bits per heavy atom. The Morgan fingerprint density at radius 3 is 2.31 bits per heavy atom. The van der Waals surface area contributed by atoms with Crippen molar-refractivity contribution in [2.45, 2.75) is 57.8 Å². The van der Waals surface area contributed by atoms with Crippen molar-refractivity contribution in [1.29, 1.82) is 0 Å². The molecule has 1 aliphatic carbocycles. The van der Waals surface area contributed by atoms with Crippen LogP contribution in [0.2, 0.25) is 0 Å². The Morgan fingerprint density at radius 1 is 1.04 bits per heavy atom. The lowest BCUT2D eigenvalue weighted by atomic mass is 9.53. The molecule has 2 fully saturated rings. The largest absolute Gasteiger partial charge is 0.347 e. The molecule has 0 N–H and O–H groups in total. The maximum absolute atomic E-state index is 13.8. The summed E-state index contributed by atoms with van der Waals surface area (Å²) in [6.45, 7) is 10.4. The van der Waals surface area contributed by atoms with Crippen molar-refractivity contribution < 1.29 is 14.3 Å². The zero-order valence-corrected chi connectivity index (χ0v) is 16.2. The van der Waals surface area contributed by atoms with E-state index in [4.69, 9.17) is 9.47 Å². The van der Waals surface area contributed by atoms with E-state index in [2.05, 4.69) is 45.9 Å². The van der Waals surface area contributed by atoms with Gasteiger partial charge in [-0.3, -0.25) is 4.79 Å². The van der Waals surface area contributed by atoms with Crippen LogP contribution in [0.25, 0.3) is 0 Å². The third-order valence-corrected chi connectivity index (χ3v) is 6.68. The summed E-state index contributed by atoms with van der Waals surface area (Å²) < 4.78 is 12.3. The summed E-state index contributed by atoms with van der Waals surface area (Å²) in [4.78, 5) is 15.8. The van der Waals surface area contributed by atoms with E-state index in [0.29, 0.717) is 26.2 Å². The highest BCUT2D eigenvalue weighted by Gasteiger charge is 2.64. The van der Waals surface area contributed by atoms with Crippen LogP contribution in [-0.4, -0.2) is 42.4 Å². The number of ether oxygens (including phenoxy) is 2. The smallest absolute Gasteiger partial charge is 0.237 e. The molecule has 4 heteroatoms. The molecule has 1 aromatic carbocycles. The number of carbonyl (C=O) groups excluding carboxylic acids is 1. The van der Waals surface area contributed by atoms with Crippen molar-refractivity contribution in [3.63, 3.8) is 0 Å². The molecule has 0 aromatic heterocycles. The van der Waals surface area contributed by atoms with E-state index in [0.717, 1.165) is 17.6 Å². The van der Waals surface area contributed by atoms with Crippen LogP contribution in [0.3, 0.4) is 0 Å². The fraction of sp³-hybridized carbons (Fsp3) is 0.591. The summed E-state index contributed by atoms with van der Waals surface area (Å²) in [5.41, 5.74) is 1.26. The van der Waals surface area contributed by atoms with Crippen molar-refractivity contribution in [2.75, 3.05) is 19.8 Å². The van der Waals surface area contributed by atoms with Gasteiger partial charge in [0.25, 0.3) is 0 Å². The Bertz CT molecular complexity index is 731. The maximum atomic E-state index is 13.8. The van der Waals surface area contributed by atoms with Crippen LogP contribution in [0.4, 0.5) is 0 Å². The second-order valence-electron chi connectivity index (χ2n) is 8.52. The summed E-state index contributed by atoms with van der Waals surface area (Å²) in [6.07, 6.45) is 3.71. The number of carbonyl (C=O) groups is 1. The van der Waals surface area contributed by atoms with Gasteiger partial charge >= 0.3 is 0 Å².